The number of amides is 2. The molecule has 2 saturated carbocycles. The first kappa shape index (κ1) is 23.7. The summed E-state index contributed by atoms with van der Waals surface area (Å²) in [6, 6.07) is 8.84. The molecule has 3 rings (SSSR count). The van der Waals surface area contributed by atoms with Gasteiger partial charge in [0.05, 0.1) is 11.5 Å². The summed E-state index contributed by atoms with van der Waals surface area (Å²) in [5.41, 5.74) is 2.69. The molecule has 1 aromatic carbocycles. The fourth-order valence-electron chi connectivity index (χ4n) is 2.25. The second-order valence-corrected chi connectivity index (χ2v) is 6.75. The van der Waals surface area contributed by atoms with E-state index in [2.05, 4.69) is 5.43 Å². The van der Waals surface area contributed by atoms with E-state index in [1.807, 2.05) is 58.9 Å². The third kappa shape index (κ3) is 7.67. The molecule has 2 aliphatic rings. The zero-order chi connectivity index (χ0) is 19.0. The first-order chi connectivity index (χ1) is 12.4. The van der Waals surface area contributed by atoms with Crippen molar-refractivity contribution in [3.05, 3.63) is 99.6 Å². The van der Waals surface area contributed by atoms with Gasteiger partial charge >= 0.3 is 17.1 Å². The number of hydrazine groups is 1. The Morgan fingerprint density at radius 2 is 1.30 bits per heavy atom. The molecule has 1 aromatic rings. The van der Waals surface area contributed by atoms with E-state index in [-0.39, 0.29) is 28.9 Å². The molecule has 2 fully saturated rings. The molecule has 5 heteroatoms. The molecular formula is C22H24FeN2O2+2. The Labute approximate surface area is 174 Å². The van der Waals surface area contributed by atoms with Crippen LogP contribution in [0.1, 0.15) is 31.1 Å². The Hall–Kier alpha value is -1.32. The van der Waals surface area contributed by atoms with E-state index >= 15 is 0 Å². The summed E-state index contributed by atoms with van der Waals surface area (Å²) in [5.74, 6) is 0.0282. The van der Waals surface area contributed by atoms with Crippen LogP contribution in [0.2, 0.25) is 0 Å². The molecule has 10 radical (unpaired) electrons. The fraction of sp³-hybridized carbons (Fsp3) is 0.182. The summed E-state index contributed by atoms with van der Waals surface area (Å²) in [6.45, 7) is 5.62. The van der Waals surface area contributed by atoms with Crippen molar-refractivity contribution >= 4 is 11.8 Å². The molecule has 27 heavy (non-hydrogen) atoms. The summed E-state index contributed by atoms with van der Waals surface area (Å²) in [4.78, 5) is 24.8. The number of carbonyl (C=O) groups excluding carboxylic acids is 2. The van der Waals surface area contributed by atoms with Gasteiger partial charge in [-0.1, -0.05) is 18.2 Å². The van der Waals surface area contributed by atoms with Crippen molar-refractivity contribution < 1.29 is 26.7 Å². The van der Waals surface area contributed by atoms with Crippen molar-refractivity contribution in [1.29, 1.82) is 0 Å². The predicted molar refractivity (Wildman–Crippen MR) is 102 cm³/mol. The van der Waals surface area contributed by atoms with Gasteiger partial charge in [-0.3, -0.25) is 15.0 Å². The summed E-state index contributed by atoms with van der Waals surface area (Å²) in [6.07, 6.45) is 17.1. The van der Waals surface area contributed by atoms with Crippen molar-refractivity contribution in [2.24, 2.45) is 0 Å². The van der Waals surface area contributed by atoms with Gasteiger partial charge in [-0.15, -0.1) is 0 Å². The van der Waals surface area contributed by atoms with Crippen LogP contribution in [0.25, 0.3) is 0 Å². The quantitative estimate of drug-likeness (QED) is 0.607. The van der Waals surface area contributed by atoms with Gasteiger partial charge in [0.15, 0.2) is 0 Å². The van der Waals surface area contributed by atoms with E-state index in [9.17, 15) is 9.59 Å². The topological polar surface area (TPSA) is 49.4 Å². The number of benzene rings is 1. The van der Waals surface area contributed by atoms with Crippen LogP contribution in [0.3, 0.4) is 0 Å². The van der Waals surface area contributed by atoms with Gasteiger partial charge < -0.3 is 0 Å². The zero-order valence-corrected chi connectivity index (χ0v) is 16.8. The van der Waals surface area contributed by atoms with E-state index in [4.69, 9.17) is 0 Å². The summed E-state index contributed by atoms with van der Waals surface area (Å²) < 4.78 is 0. The number of rotatable bonds is 2. The fourth-order valence-corrected chi connectivity index (χ4v) is 2.25. The first-order valence-corrected chi connectivity index (χ1v) is 8.48. The zero-order valence-electron chi connectivity index (χ0n) is 15.7. The SMILES string of the molecule is CC(C)(C)N(NC(=O)c1ccccc1)C(=O)[C]1[CH][CH][CH][CH]1.[CH]1[CH][CH][CH][CH]1.[Fe+2]. The van der Waals surface area contributed by atoms with E-state index in [1.54, 1.807) is 49.9 Å². The molecule has 0 spiro atoms. The molecule has 0 saturated heterocycles. The molecule has 2 amide bonds. The summed E-state index contributed by atoms with van der Waals surface area (Å²) in [7, 11) is 0. The number of nitrogens with zero attached hydrogens (tertiary/aromatic N) is 1. The van der Waals surface area contributed by atoms with Crippen LogP contribution in [-0.4, -0.2) is 22.4 Å². The van der Waals surface area contributed by atoms with Crippen molar-refractivity contribution in [2.75, 3.05) is 0 Å². The molecule has 0 heterocycles. The molecule has 2 aliphatic carbocycles. The molecule has 4 nitrogen and oxygen atoms in total. The Kier molecular flexibility index (Phi) is 10.1. The molecule has 0 atom stereocenters. The minimum atomic E-state index is -0.529. The van der Waals surface area contributed by atoms with Gasteiger partial charge in [0.1, 0.15) is 0 Å². The number of hydrogen-bond acceptors (Lipinski definition) is 2. The molecule has 140 valence electrons. The Morgan fingerprint density at radius 1 is 0.815 bits per heavy atom. The third-order valence-electron chi connectivity index (χ3n) is 3.59. The second-order valence-electron chi connectivity index (χ2n) is 6.75. The monoisotopic (exact) mass is 404 g/mol. The van der Waals surface area contributed by atoms with Gasteiger partial charge in [-0.05, 0) is 90.7 Å². The van der Waals surface area contributed by atoms with Crippen molar-refractivity contribution in [2.45, 2.75) is 26.3 Å². The minimum Gasteiger partial charge on any atom is -0.272 e. The van der Waals surface area contributed by atoms with Gasteiger partial charge in [-0.2, -0.15) is 0 Å². The first-order valence-electron chi connectivity index (χ1n) is 8.48. The molecule has 0 aliphatic heterocycles. The van der Waals surface area contributed by atoms with E-state index in [0.29, 0.717) is 11.5 Å². The van der Waals surface area contributed by atoms with E-state index < -0.39 is 5.54 Å². The maximum Gasteiger partial charge on any atom is 2.00 e. The molecule has 0 bridgehead atoms. The number of hydrogen-bond donors (Lipinski definition) is 1. The predicted octanol–water partition coefficient (Wildman–Crippen LogP) is 3.38. The van der Waals surface area contributed by atoms with Crippen molar-refractivity contribution in [3.8, 4) is 0 Å². The van der Waals surface area contributed by atoms with Gasteiger partial charge in [0.25, 0.3) is 5.91 Å². The van der Waals surface area contributed by atoms with Crippen molar-refractivity contribution in [3.63, 3.8) is 0 Å². The van der Waals surface area contributed by atoms with E-state index in [1.165, 1.54) is 5.01 Å². The van der Waals surface area contributed by atoms with Crippen LogP contribution in [0.4, 0.5) is 0 Å². The summed E-state index contributed by atoms with van der Waals surface area (Å²) in [5, 5.41) is 1.37. The van der Waals surface area contributed by atoms with Crippen LogP contribution in [-0.2, 0) is 21.9 Å². The van der Waals surface area contributed by atoms with Crippen LogP contribution in [0, 0.1) is 63.7 Å². The molecule has 1 N–H and O–H groups in total. The number of carbonyl (C=O) groups is 2. The molecular weight excluding hydrogens is 380 g/mol. The largest absolute Gasteiger partial charge is 2.00 e. The molecule has 0 unspecified atom stereocenters. The third-order valence-corrected chi connectivity index (χ3v) is 3.59. The minimum absolute atomic E-state index is 0. The maximum absolute atomic E-state index is 12.5. The number of nitrogens with one attached hydrogen (secondary N) is 1. The van der Waals surface area contributed by atoms with Gasteiger partial charge in [0, 0.05) is 5.56 Å². The van der Waals surface area contributed by atoms with Gasteiger partial charge in [-0.25, -0.2) is 5.01 Å². The van der Waals surface area contributed by atoms with Gasteiger partial charge in [0.2, 0.25) is 5.91 Å². The van der Waals surface area contributed by atoms with Crippen LogP contribution >= 0.6 is 0 Å². The standard InChI is InChI=1S/C17H19N2O2.C5H5.Fe/c1-17(2,3)19(16(21)14-11-7-8-12-14)18-15(20)13-9-5-4-6-10-13;1-2-4-5-3-1;/h4-12H,1-3H3,(H,18,20);1-5H;/q;;+2. The smallest absolute Gasteiger partial charge is 0.272 e. The average molecular weight is 404 g/mol. The normalized spacial score (nSPS) is 16.7. The molecule has 0 aromatic heterocycles. The van der Waals surface area contributed by atoms with Crippen molar-refractivity contribution in [1.82, 2.24) is 10.4 Å². The van der Waals surface area contributed by atoms with Crippen LogP contribution in [0.15, 0.2) is 30.3 Å². The average Bonchev–Trinajstić information content (AvgIpc) is 3.34. The maximum atomic E-state index is 12.5. The van der Waals surface area contributed by atoms with Crippen LogP contribution in [0.5, 0.6) is 0 Å². The Morgan fingerprint density at radius 3 is 1.74 bits per heavy atom. The van der Waals surface area contributed by atoms with E-state index in [0.717, 1.165) is 0 Å². The second kappa shape index (κ2) is 11.5. The summed E-state index contributed by atoms with van der Waals surface area (Å²) >= 11 is 0. The van der Waals surface area contributed by atoms with Crippen LogP contribution < -0.4 is 5.43 Å². The Bertz CT molecular complexity index is 566. The Balaban J connectivity index is 0.000000526.